The molecule has 0 radical (unpaired) electrons. The number of aromatic nitrogens is 1. The predicted octanol–water partition coefficient (Wildman–Crippen LogP) is 1.12. The third-order valence-electron chi connectivity index (χ3n) is 1.66. The number of hydrogen-bond donors (Lipinski definition) is 4. The average Bonchev–Trinajstić information content (AvgIpc) is 2.27. The van der Waals surface area contributed by atoms with Crippen molar-refractivity contribution in [1.29, 1.82) is 0 Å². The smallest absolute Gasteiger partial charge is 0.160 e. The maximum atomic E-state index is 9.18. The molecule has 1 atom stereocenters. The SMILES string of the molecule is NNc1nc(SCC(O)CO)c(Cl)cc1Cl. The van der Waals surface area contributed by atoms with Crippen LogP contribution in [0.25, 0.3) is 0 Å². The fraction of sp³-hybridized carbons (Fsp3) is 0.375. The van der Waals surface area contributed by atoms with Crippen LogP contribution in [0.4, 0.5) is 5.82 Å². The zero-order valence-electron chi connectivity index (χ0n) is 8.15. The van der Waals surface area contributed by atoms with Crippen molar-refractivity contribution in [3.63, 3.8) is 0 Å². The molecule has 5 N–H and O–H groups in total. The molecule has 1 unspecified atom stereocenters. The summed E-state index contributed by atoms with van der Waals surface area (Å²) in [6.07, 6.45) is -0.812. The molecule has 0 amide bonds. The molecular weight excluding hydrogens is 273 g/mol. The Morgan fingerprint density at radius 3 is 2.75 bits per heavy atom. The lowest BCUT2D eigenvalue weighted by Crippen LogP contribution is -2.15. The second-order valence-corrected chi connectivity index (χ2v) is 4.72. The number of pyridine rings is 1. The quantitative estimate of drug-likeness (QED) is 0.368. The first-order chi connectivity index (χ1) is 7.58. The van der Waals surface area contributed by atoms with E-state index < -0.39 is 6.10 Å². The number of nitrogens with two attached hydrogens (primary N) is 1. The van der Waals surface area contributed by atoms with E-state index in [1.165, 1.54) is 17.8 Å². The molecule has 16 heavy (non-hydrogen) atoms. The van der Waals surface area contributed by atoms with Crippen molar-refractivity contribution in [3.05, 3.63) is 16.1 Å². The van der Waals surface area contributed by atoms with Crippen molar-refractivity contribution in [2.24, 2.45) is 5.84 Å². The van der Waals surface area contributed by atoms with Crippen LogP contribution >= 0.6 is 35.0 Å². The lowest BCUT2D eigenvalue weighted by molar-refractivity contribution is 0.113. The number of thioether (sulfide) groups is 1. The van der Waals surface area contributed by atoms with Gasteiger partial charge in [-0.2, -0.15) is 0 Å². The van der Waals surface area contributed by atoms with Gasteiger partial charge in [-0.05, 0) is 6.07 Å². The molecule has 8 heteroatoms. The minimum Gasteiger partial charge on any atom is -0.394 e. The first-order valence-corrected chi connectivity index (χ1v) is 6.07. The Morgan fingerprint density at radius 2 is 2.19 bits per heavy atom. The van der Waals surface area contributed by atoms with Gasteiger partial charge in [0.15, 0.2) is 5.82 Å². The van der Waals surface area contributed by atoms with E-state index in [4.69, 9.17) is 34.2 Å². The zero-order valence-corrected chi connectivity index (χ0v) is 10.5. The molecule has 0 aliphatic carbocycles. The number of nitrogen functional groups attached to an aromatic ring is 1. The van der Waals surface area contributed by atoms with E-state index in [1.807, 2.05) is 0 Å². The molecule has 0 bridgehead atoms. The number of hydrogen-bond acceptors (Lipinski definition) is 6. The number of anilines is 1. The monoisotopic (exact) mass is 283 g/mol. The number of hydrazine groups is 1. The Kier molecular flexibility index (Phi) is 5.60. The van der Waals surface area contributed by atoms with Crippen LogP contribution in [0.5, 0.6) is 0 Å². The summed E-state index contributed by atoms with van der Waals surface area (Å²) in [7, 11) is 0. The number of nitrogens with one attached hydrogen (secondary N) is 1. The summed E-state index contributed by atoms with van der Waals surface area (Å²) in [5.74, 6) is 5.81. The van der Waals surface area contributed by atoms with E-state index in [2.05, 4.69) is 10.4 Å². The number of aliphatic hydroxyl groups excluding tert-OH is 2. The highest BCUT2D eigenvalue weighted by atomic mass is 35.5. The summed E-state index contributed by atoms with van der Waals surface area (Å²) in [5, 5.41) is 19.0. The second kappa shape index (κ2) is 6.48. The number of aliphatic hydroxyl groups is 2. The van der Waals surface area contributed by atoms with Gasteiger partial charge in [-0.1, -0.05) is 23.2 Å². The summed E-state index contributed by atoms with van der Waals surface area (Å²) in [5.41, 5.74) is 2.34. The van der Waals surface area contributed by atoms with Crippen LogP contribution in [-0.4, -0.2) is 33.7 Å². The number of halogens is 2. The van der Waals surface area contributed by atoms with Crippen molar-refractivity contribution in [2.45, 2.75) is 11.1 Å². The topological polar surface area (TPSA) is 91.4 Å². The fourth-order valence-electron chi connectivity index (χ4n) is 0.880. The van der Waals surface area contributed by atoms with E-state index in [0.717, 1.165) is 0 Å². The molecular formula is C8H11Cl2N3O2S. The third kappa shape index (κ3) is 3.65. The molecule has 0 spiro atoms. The van der Waals surface area contributed by atoms with Gasteiger partial charge in [-0.25, -0.2) is 10.8 Å². The third-order valence-corrected chi connectivity index (χ3v) is 3.48. The molecule has 0 aliphatic heterocycles. The van der Waals surface area contributed by atoms with Gasteiger partial charge in [0, 0.05) is 5.75 Å². The van der Waals surface area contributed by atoms with Crippen LogP contribution < -0.4 is 11.3 Å². The number of rotatable bonds is 5. The Hall–Kier alpha value is -0.240. The molecule has 1 rings (SSSR count). The van der Waals surface area contributed by atoms with Gasteiger partial charge in [0.2, 0.25) is 0 Å². The highest BCUT2D eigenvalue weighted by Gasteiger charge is 2.11. The van der Waals surface area contributed by atoms with Crippen LogP contribution in [0.1, 0.15) is 0 Å². The molecule has 5 nitrogen and oxygen atoms in total. The maximum Gasteiger partial charge on any atom is 0.160 e. The first-order valence-electron chi connectivity index (χ1n) is 4.32. The van der Waals surface area contributed by atoms with Gasteiger partial charge in [-0.15, -0.1) is 11.8 Å². The van der Waals surface area contributed by atoms with Gasteiger partial charge in [-0.3, -0.25) is 0 Å². The lowest BCUT2D eigenvalue weighted by Gasteiger charge is -2.09. The van der Waals surface area contributed by atoms with Crippen LogP contribution in [0.3, 0.4) is 0 Å². The van der Waals surface area contributed by atoms with E-state index in [-0.39, 0.29) is 12.4 Å². The summed E-state index contributed by atoms with van der Waals surface area (Å²) in [4.78, 5) is 4.07. The Labute approximate surface area is 107 Å². The molecule has 0 aromatic carbocycles. The summed E-state index contributed by atoms with van der Waals surface area (Å²) in [6.45, 7) is -0.305. The van der Waals surface area contributed by atoms with E-state index in [9.17, 15) is 5.11 Å². The molecule has 1 heterocycles. The van der Waals surface area contributed by atoms with Gasteiger partial charge in [0.25, 0.3) is 0 Å². The second-order valence-electron chi connectivity index (χ2n) is 2.90. The molecule has 1 aromatic heterocycles. The normalized spacial score (nSPS) is 12.6. The highest BCUT2D eigenvalue weighted by Crippen LogP contribution is 2.31. The standard InChI is InChI=1S/C8H11Cl2N3O2S/c9-5-1-6(10)8(12-7(5)13-11)16-3-4(15)2-14/h1,4,14-15H,2-3,11H2,(H,12,13). The summed E-state index contributed by atoms with van der Waals surface area (Å²) < 4.78 is 0. The van der Waals surface area contributed by atoms with E-state index in [1.54, 1.807) is 0 Å². The average molecular weight is 284 g/mol. The summed E-state index contributed by atoms with van der Waals surface area (Å²) >= 11 is 12.9. The first kappa shape index (κ1) is 13.8. The van der Waals surface area contributed by atoms with Gasteiger partial charge < -0.3 is 15.6 Å². The van der Waals surface area contributed by atoms with Crippen LogP contribution in [0, 0.1) is 0 Å². The largest absolute Gasteiger partial charge is 0.394 e. The zero-order chi connectivity index (χ0) is 12.1. The molecule has 0 aliphatic rings. The van der Waals surface area contributed by atoms with Crippen molar-refractivity contribution < 1.29 is 10.2 Å². The predicted molar refractivity (Wildman–Crippen MR) is 65.9 cm³/mol. The van der Waals surface area contributed by atoms with E-state index >= 15 is 0 Å². The molecule has 0 saturated carbocycles. The minimum atomic E-state index is -0.812. The Morgan fingerprint density at radius 1 is 1.50 bits per heavy atom. The summed E-state index contributed by atoms with van der Waals surface area (Å²) in [6, 6.07) is 1.51. The molecule has 0 fully saturated rings. The van der Waals surface area contributed by atoms with Gasteiger partial charge >= 0.3 is 0 Å². The van der Waals surface area contributed by atoms with Crippen molar-refractivity contribution in [2.75, 3.05) is 17.8 Å². The van der Waals surface area contributed by atoms with Crippen molar-refractivity contribution >= 4 is 40.8 Å². The minimum absolute atomic E-state index is 0.287. The van der Waals surface area contributed by atoms with Crippen LogP contribution in [-0.2, 0) is 0 Å². The van der Waals surface area contributed by atoms with Gasteiger partial charge in [0.1, 0.15) is 5.03 Å². The Balaban J connectivity index is 2.79. The van der Waals surface area contributed by atoms with E-state index in [0.29, 0.717) is 20.9 Å². The lowest BCUT2D eigenvalue weighted by atomic mass is 10.4. The number of nitrogens with zero attached hydrogens (tertiary/aromatic N) is 1. The maximum absolute atomic E-state index is 9.18. The highest BCUT2D eigenvalue weighted by molar-refractivity contribution is 7.99. The fourth-order valence-corrected chi connectivity index (χ4v) is 2.27. The molecule has 0 saturated heterocycles. The van der Waals surface area contributed by atoms with Gasteiger partial charge in [0.05, 0.1) is 22.8 Å². The molecule has 1 aromatic rings. The van der Waals surface area contributed by atoms with Crippen LogP contribution in [0.2, 0.25) is 10.0 Å². The van der Waals surface area contributed by atoms with Crippen molar-refractivity contribution in [1.82, 2.24) is 4.98 Å². The van der Waals surface area contributed by atoms with Crippen LogP contribution in [0.15, 0.2) is 11.1 Å². The Bertz CT molecular complexity index is 367. The molecule has 90 valence electrons. The van der Waals surface area contributed by atoms with Crippen molar-refractivity contribution in [3.8, 4) is 0 Å².